The Morgan fingerprint density at radius 2 is 1.70 bits per heavy atom. The average molecular weight is 458 g/mol. The fraction of sp³-hybridized carbons (Fsp3) is 0.160. The number of nitrogens with zero attached hydrogens (tertiary/aromatic N) is 3. The molecule has 2 atom stereocenters. The normalized spacial score (nSPS) is 17.0. The van der Waals surface area contributed by atoms with Crippen LogP contribution in [0.4, 0.5) is 5.69 Å². The molecule has 0 bridgehead atoms. The molecule has 0 fully saturated rings. The van der Waals surface area contributed by atoms with E-state index in [1.807, 2.05) is 96.5 Å². The lowest BCUT2D eigenvalue weighted by molar-refractivity contribution is -0.116. The molecule has 1 aliphatic rings. The number of carbonyl (C=O) groups is 1. The SMILES string of the molecule is Cc1ccccc1NC(=O)[C@H]1Sc2nnc(COc3ccccc3)n2N[C@@H]1c1ccccc1. The number of anilines is 1. The Kier molecular flexibility index (Phi) is 5.99. The first kappa shape index (κ1) is 21.1. The Labute approximate surface area is 196 Å². The molecule has 5 rings (SSSR count). The van der Waals surface area contributed by atoms with Gasteiger partial charge in [-0.3, -0.25) is 4.79 Å². The van der Waals surface area contributed by atoms with Crippen molar-refractivity contribution in [3.63, 3.8) is 0 Å². The predicted molar refractivity (Wildman–Crippen MR) is 129 cm³/mol. The Morgan fingerprint density at radius 3 is 2.45 bits per heavy atom. The van der Waals surface area contributed by atoms with Crippen molar-refractivity contribution in [3.8, 4) is 5.75 Å². The highest BCUT2D eigenvalue weighted by molar-refractivity contribution is 8.00. The standard InChI is InChI=1S/C25H23N5O2S/c1-17-10-8-9-15-20(17)26-24(31)23-22(18-11-4-2-5-12-18)29-30-21(27-28-25(30)33-23)16-32-19-13-6-3-7-14-19/h2-15,22-23,29H,16H2,1H3,(H,26,31)/t22-,23+/m1/s1. The van der Waals surface area contributed by atoms with Gasteiger partial charge < -0.3 is 15.5 Å². The van der Waals surface area contributed by atoms with Gasteiger partial charge in [0, 0.05) is 5.69 Å². The summed E-state index contributed by atoms with van der Waals surface area (Å²) < 4.78 is 7.69. The number of thioether (sulfide) groups is 1. The van der Waals surface area contributed by atoms with Gasteiger partial charge in [-0.05, 0) is 36.2 Å². The molecule has 1 aliphatic heterocycles. The second-order valence-corrected chi connectivity index (χ2v) is 8.80. The van der Waals surface area contributed by atoms with E-state index in [0.29, 0.717) is 11.0 Å². The Hall–Kier alpha value is -3.78. The number of nitrogens with one attached hydrogen (secondary N) is 2. The van der Waals surface area contributed by atoms with E-state index < -0.39 is 5.25 Å². The van der Waals surface area contributed by atoms with E-state index in [-0.39, 0.29) is 18.6 Å². The van der Waals surface area contributed by atoms with Gasteiger partial charge in [0.2, 0.25) is 11.1 Å². The number of hydrogen-bond acceptors (Lipinski definition) is 6. The average Bonchev–Trinajstić information content (AvgIpc) is 3.26. The molecule has 4 aromatic rings. The number of benzene rings is 3. The van der Waals surface area contributed by atoms with Gasteiger partial charge in [0.05, 0.1) is 6.04 Å². The van der Waals surface area contributed by atoms with Gasteiger partial charge in [-0.25, -0.2) is 4.68 Å². The van der Waals surface area contributed by atoms with Crippen LogP contribution in [0.1, 0.15) is 23.0 Å². The zero-order valence-electron chi connectivity index (χ0n) is 18.0. The third-order valence-corrected chi connectivity index (χ3v) is 6.65. The van der Waals surface area contributed by atoms with E-state index in [0.717, 1.165) is 22.6 Å². The van der Waals surface area contributed by atoms with Gasteiger partial charge in [0.1, 0.15) is 17.6 Å². The molecular weight excluding hydrogens is 434 g/mol. The molecule has 3 aromatic carbocycles. The number of hydrogen-bond donors (Lipinski definition) is 2. The number of fused-ring (bicyclic) bond motifs is 1. The van der Waals surface area contributed by atoms with Gasteiger partial charge in [0.15, 0.2) is 5.82 Å². The van der Waals surface area contributed by atoms with Crippen molar-refractivity contribution in [1.29, 1.82) is 0 Å². The van der Waals surface area contributed by atoms with Crippen LogP contribution in [0.25, 0.3) is 0 Å². The smallest absolute Gasteiger partial charge is 0.240 e. The topological polar surface area (TPSA) is 81.1 Å². The van der Waals surface area contributed by atoms with Crippen molar-refractivity contribution in [1.82, 2.24) is 14.9 Å². The summed E-state index contributed by atoms with van der Waals surface area (Å²) in [4.78, 5) is 13.4. The molecule has 1 aromatic heterocycles. The molecular formula is C25H23N5O2S. The van der Waals surface area contributed by atoms with Crippen molar-refractivity contribution in [2.24, 2.45) is 0 Å². The predicted octanol–water partition coefficient (Wildman–Crippen LogP) is 4.56. The second kappa shape index (κ2) is 9.38. The first-order valence-corrected chi connectivity index (χ1v) is 11.5. The molecule has 0 spiro atoms. The van der Waals surface area contributed by atoms with Crippen molar-refractivity contribution in [2.75, 3.05) is 10.7 Å². The van der Waals surface area contributed by atoms with E-state index in [1.54, 1.807) is 0 Å². The zero-order valence-corrected chi connectivity index (χ0v) is 18.8. The third-order valence-electron chi connectivity index (χ3n) is 5.43. The van der Waals surface area contributed by atoms with E-state index in [1.165, 1.54) is 11.8 Å². The molecule has 1 amide bonds. The summed E-state index contributed by atoms with van der Waals surface area (Å²) in [6.45, 7) is 2.23. The van der Waals surface area contributed by atoms with Crippen molar-refractivity contribution in [3.05, 3.63) is 102 Å². The summed E-state index contributed by atoms with van der Waals surface area (Å²) in [6.07, 6.45) is 0. The van der Waals surface area contributed by atoms with Crippen LogP contribution >= 0.6 is 11.8 Å². The van der Waals surface area contributed by atoms with Crippen LogP contribution in [0.5, 0.6) is 5.75 Å². The maximum absolute atomic E-state index is 13.4. The highest BCUT2D eigenvalue weighted by Crippen LogP contribution is 2.37. The third kappa shape index (κ3) is 4.56. The molecule has 0 radical (unpaired) electrons. The number of rotatable bonds is 6. The summed E-state index contributed by atoms with van der Waals surface area (Å²) >= 11 is 1.39. The monoisotopic (exact) mass is 457 g/mol. The first-order chi connectivity index (χ1) is 16.2. The largest absolute Gasteiger partial charge is 0.486 e. The van der Waals surface area contributed by atoms with E-state index in [4.69, 9.17) is 4.74 Å². The fourth-order valence-electron chi connectivity index (χ4n) is 3.68. The Bertz CT molecular complexity index is 1250. The fourth-order valence-corrected chi connectivity index (χ4v) is 4.78. The summed E-state index contributed by atoms with van der Waals surface area (Å²) in [6, 6.07) is 27.0. The number of para-hydroxylation sites is 2. The van der Waals surface area contributed by atoms with E-state index >= 15 is 0 Å². The molecule has 2 heterocycles. The van der Waals surface area contributed by atoms with Crippen LogP contribution in [-0.2, 0) is 11.4 Å². The summed E-state index contributed by atoms with van der Waals surface area (Å²) in [5.74, 6) is 1.31. The lowest BCUT2D eigenvalue weighted by atomic mass is 10.0. The second-order valence-electron chi connectivity index (χ2n) is 7.70. The van der Waals surface area contributed by atoms with Crippen LogP contribution in [0.15, 0.2) is 90.1 Å². The molecule has 2 N–H and O–H groups in total. The van der Waals surface area contributed by atoms with Gasteiger partial charge >= 0.3 is 0 Å². The maximum atomic E-state index is 13.4. The minimum absolute atomic E-state index is 0.0908. The van der Waals surface area contributed by atoms with Crippen LogP contribution in [0.2, 0.25) is 0 Å². The maximum Gasteiger partial charge on any atom is 0.240 e. The molecule has 8 heteroatoms. The van der Waals surface area contributed by atoms with Crippen molar-refractivity contribution in [2.45, 2.75) is 30.0 Å². The molecule has 33 heavy (non-hydrogen) atoms. The lowest BCUT2D eigenvalue weighted by Gasteiger charge is -2.33. The molecule has 7 nitrogen and oxygen atoms in total. The summed E-state index contributed by atoms with van der Waals surface area (Å²) in [7, 11) is 0. The summed E-state index contributed by atoms with van der Waals surface area (Å²) in [5, 5.41) is 11.9. The van der Waals surface area contributed by atoms with Crippen molar-refractivity contribution < 1.29 is 9.53 Å². The first-order valence-electron chi connectivity index (χ1n) is 10.7. The van der Waals surface area contributed by atoms with E-state index in [2.05, 4.69) is 20.9 Å². The van der Waals surface area contributed by atoms with Gasteiger partial charge in [-0.15, -0.1) is 10.2 Å². The number of amides is 1. The Morgan fingerprint density at radius 1 is 1.00 bits per heavy atom. The number of carbonyl (C=O) groups excluding carboxylic acids is 1. The number of ether oxygens (including phenoxy) is 1. The minimum atomic E-state index is -0.438. The highest BCUT2D eigenvalue weighted by atomic mass is 32.2. The van der Waals surface area contributed by atoms with Crippen LogP contribution in [0, 0.1) is 6.92 Å². The van der Waals surface area contributed by atoms with Crippen LogP contribution < -0.4 is 15.5 Å². The molecule has 166 valence electrons. The molecule has 0 unspecified atom stereocenters. The highest BCUT2D eigenvalue weighted by Gasteiger charge is 2.38. The number of aromatic nitrogens is 3. The Balaban J connectivity index is 1.41. The van der Waals surface area contributed by atoms with Crippen LogP contribution in [0.3, 0.4) is 0 Å². The van der Waals surface area contributed by atoms with Gasteiger partial charge in [0.25, 0.3) is 0 Å². The molecule has 0 saturated carbocycles. The molecule has 0 aliphatic carbocycles. The zero-order chi connectivity index (χ0) is 22.6. The lowest BCUT2D eigenvalue weighted by Crippen LogP contribution is -2.41. The summed E-state index contributed by atoms with van der Waals surface area (Å²) in [5.41, 5.74) is 6.28. The number of aryl methyl sites for hydroxylation is 1. The van der Waals surface area contributed by atoms with Crippen LogP contribution in [-0.4, -0.2) is 26.0 Å². The van der Waals surface area contributed by atoms with Gasteiger partial charge in [-0.2, -0.15) is 0 Å². The van der Waals surface area contributed by atoms with E-state index in [9.17, 15) is 4.79 Å². The quantitative estimate of drug-likeness (QED) is 0.442. The molecule has 0 saturated heterocycles. The van der Waals surface area contributed by atoms with Crippen molar-refractivity contribution >= 4 is 23.4 Å². The van der Waals surface area contributed by atoms with Gasteiger partial charge in [-0.1, -0.05) is 78.5 Å². The minimum Gasteiger partial charge on any atom is -0.486 e.